The summed E-state index contributed by atoms with van der Waals surface area (Å²) in [5.74, 6) is -0.705. The number of rotatable bonds is 7. The summed E-state index contributed by atoms with van der Waals surface area (Å²) in [6.07, 6.45) is 0.105. The highest BCUT2D eigenvalue weighted by atomic mass is 79.9. The van der Waals surface area contributed by atoms with Crippen molar-refractivity contribution in [1.29, 1.82) is 0 Å². The van der Waals surface area contributed by atoms with E-state index in [2.05, 4.69) is 26.6 Å². The zero-order chi connectivity index (χ0) is 20.1. The van der Waals surface area contributed by atoms with E-state index in [9.17, 15) is 14.0 Å². The van der Waals surface area contributed by atoms with Crippen LogP contribution in [0.15, 0.2) is 53.0 Å². The van der Waals surface area contributed by atoms with Gasteiger partial charge in [-0.3, -0.25) is 9.59 Å². The first-order valence-electron chi connectivity index (χ1n) is 8.97. The first-order chi connectivity index (χ1) is 13.5. The van der Waals surface area contributed by atoms with Gasteiger partial charge in [0, 0.05) is 34.2 Å². The summed E-state index contributed by atoms with van der Waals surface area (Å²) in [5.41, 5.74) is 2.59. The van der Waals surface area contributed by atoms with Crippen LogP contribution in [-0.2, 0) is 22.6 Å². The van der Waals surface area contributed by atoms with Crippen LogP contribution in [0.1, 0.15) is 11.3 Å². The number of aromatic nitrogens is 1. The van der Waals surface area contributed by atoms with Crippen molar-refractivity contribution in [3.8, 4) is 0 Å². The Bertz CT molecular complexity index is 1020. The molecule has 5 nitrogen and oxygen atoms in total. The fraction of sp³-hybridized carbons (Fsp3) is 0.238. The monoisotopic (exact) mass is 445 g/mol. The van der Waals surface area contributed by atoms with E-state index in [1.54, 1.807) is 12.1 Å². The minimum atomic E-state index is -0.364. The largest absolute Gasteiger partial charge is 0.354 e. The minimum absolute atomic E-state index is 0.105. The van der Waals surface area contributed by atoms with Crippen LogP contribution in [0, 0.1) is 12.7 Å². The van der Waals surface area contributed by atoms with Crippen molar-refractivity contribution in [2.24, 2.45) is 0 Å². The molecule has 0 radical (unpaired) electrons. The van der Waals surface area contributed by atoms with E-state index in [1.807, 2.05) is 35.8 Å². The highest BCUT2D eigenvalue weighted by Crippen LogP contribution is 2.30. The number of carbonyl (C=O) groups excluding carboxylic acids is 2. The van der Waals surface area contributed by atoms with E-state index in [4.69, 9.17) is 0 Å². The van der Waals surface area contributed by atoms with Crippen molar-refractivity contribution >= 4 is 38.6 Å². The molecule has 7 heteroatoms. The number of hydrogen-bond donors (Lipinski definition) is 2. The zero-order valence-electron chi connectivity index (χ0n) is 15.5. The minimum Gasteiger partial charge on any atom is -0.354 e. The molecule has 1 aromatic heterocycles. The van der Waals surface area contributed by atoms with Crippen LogP contribution in [-0.4, -0.2) is 29.5 Å². The molecule has 2 aromatic carbocycles. The fourth-order valence-electron chi connectivity index (χ4n) is 3.09. The van der Waals surface area contributed by atoms with Gasteiger partial charge in [-0.05, 0) is 46.6 Å². The van der Waals surface area contributed by atoms with Gasteiger partial charge in [0.1, 0.15) is 12.4 Å². The van der Waals surface area contributed by atoms with Crippen molar-refractivity contribution in [1.82, 2.24) is 15.2 Å². The molecule has 0 aliphatic heterocycles. The van der Waals surface area contributed by atoms with E-state index < -0.39 is 0 Å². The van der Waals surface area contributed by atoms with Crippen molar-refractivity contribution in [3.63, 3.8) is 0 Å². The molecule has 0 aliphatic carbocycles. The van der Waals surface area contributed by atoms with Crippen LogP contribution < -0.4 is 10.6 Å². The second-order valence-corrected chi connectivity index (χ2v) is 7.30. The molecular weight excluding hydrogens is 425 g/mol. The van der Waals surface area contributed by atoms with E-state index in [0.717, 1.165) is 21.1 Å². The smallest absolute Gasteiger partial charge is 0.240 e. The van der Waals surface area contributed by atoms with E-state index in [-0.39, 0.29) is 30.6 Å². The maximum absolute atomic E-state index is 13.1. The summed E-state index contributed by atoms with van der Waals surface area (Å²) < 4.78 is 16.1. The summed E-state index contributed by atoms with van der Waals surface area (Å²) in [6.45, 7) is 2.81. The van der Waals surface area contributed by atoms with Gasteiger partial charge in [-0.2, -0.15) is 0 Å². The molecule has 3 aromatic rings. The Kier molecular flexibility index (Phi) is 6.46. The average molecular weight is 446 g/mol. The lowest BCUT2D eigenvalue weighted by molar-refractivity contribution is -0.122. The third-order valence-electron chi connectivity index (χ3n) is 4.48. The second kappa shape index (κ2) is 9.01. The molecule has 0 unspecified atom stereocenters. The van der Waals surface area contributed by atoms with Crippen LogP contribution >= 0.6 is 15.9 Å². The Morgan fingerprint density at radius 3 is 2.50 bits per heavy atom. The molecule has 0 aliphatic rings. The molecule has 28 heavy (non-hydrogen) atoms. The highest BCUT2D eigenvalue weighted by Gasteiger charge is 2.14. The van der Waals surface area contributed by atoms with Crippen molar-refractivity contribution in [2.45, 2.75) is 19.9 Å². The summed E-state index contributed by atoms with van der Waals surface area (Å²) in [4.78, 5) is 24.2. The first kappa shape index (κ1) is 20.1. The first-order valence-corrected chi connectivity index (χ1v) is 9.76. The third kappa shape index (κ3) is 4.78. The quantitative estimate of drug-likeness (QED) is 0.547. The summed E-state index contributed by atoms with van der Waals surface area (Å²) in [5, 5.41) is 6.60. The summed E-state index contributed by atoms with van der Waals surface area (Å²) in [7, 11) is 0. The summed E-state index contributed by atoms with van der Waals surface area (Å²) >= 11 is 3.58. The third-order valence-corrected chi connectivity index (χ3v) is 5.48. The van der Waals surface area contributed by atoms with E-state index in [0.29, 0.717) is 18.7 Å². The van der Waals surface area contributed by atoms with Gasteiger partial charge in [-0.25, -0.2) is 4.39 Å². The zero-order valence-corrected chi connectivity index (χ0v) is 17.1. The molecule has 146 valence electrons. The Hall–Kier alpha value is -2.67. The molecule has 0 saturated heterocycles. The van der Waals surface area contributed by atoms with Gasteiger partial charge in [-0.1, -0.05) is 30.3 Å². The van der Waals surface area contributed by atoms with Gasteiger partial charge in [0.25, 0.3) is 0 Å². The van der Waals surface area contributed by atoms with Gasteiger partial charge < -0.3 is 15.2 Å². The van der Waals surface area contributed by atoms with Gasteiger partial charge >= 0.3 is 0 Å². The Morgan fingerprint density at radius 2 is 1.75 bits per heavy atom. The van der Waals surface area contributed by atoms with Crippen molar-refractivity contribution in [2.75, 3.05) is 13.1 Å². The van der Waals surface area contributed by atoms with Crippen LogP contribution in [0.25, 0.3) is 10.9 Å². The number of fused-ring (bicyclic) bond motifs is 1. The number of nitrogens with zero attached hydrogens (tertiary/aromatic N) is 1. The Morgan fingerprint density at radius 1 is 1.04 bits per heavy atom. The molecule has 3 rings (SSSR count). The second-order valence-electron chi connectivity index (χ2n) is 6.51. The number of carbonyl (C=O) groups is 2. The van der Waals surface area contributed by atoms with E-state index >= 15 is 0 Å². The summed E-state index contributed by atoms with van der Waals surface area (Å²) in [6, 6.07) is 13.8. The lowest BCUT2D eigenvalue weighted by Gasteiger charge is -2.10. The normalized spacial score (nSPS) is 10.8. The molecule has 2 N–H and O–H groups in total. The molecule has 0 fully saturated rings. The average Bonchev–Trinajstić information content (AvgIpc) is 2.90. The predicted molar refractivity (Wildman–Crippen MR) is 110 cm³/mol. The molecule has 0 spiro atoms. The van der Waals surface area contributed by atoms with Gasteiger partial charge in [0.15, 0.2) is 0 Å². The molecule has 0 atom stereocenters. The van der Waals surface area contributed by atoms with Crippen molar-refractivity contribution < 1.29 is 14.0 Å². The maximum Gasteiger partial charge on any atom is 0.240 e. The van der Waals surface area contributed by atoms with E-state index in [1.165, 1.54) is 12.1 Å². The van der Waals surface area contributed by atoms with Crippen LogP contribution in [0.4, 0.5) is 4.39 Å². The fourth-order valence-corrected chi connectivity index (χ4v) is 3.64. The topological polar surface area (TPSA) is 63.1 Å². The number of para-hydroxylation sites is 1. The number of amides is 2. The van der Waals surface area contributed by atoms with Gasteiger partial charge in [-0.15, -0.1) is 0 Å². The number of nitrogens with one attached hydrogen (secondary N) is 2. The highest BCUT2D eigenvalue weighted by molar-refractivity contribution is 9.10. The molecule has 0 saturated carbocycles. The standard InChI is InChI=1S/C21H21BrFN3O2/c1-14-21(22)17-7-2-3-8-18(17)26(14)13-20(28)25-10-9-24-19(27)12-15-5-4-6-16(23)11-15/h2-8,11H,9-10,12-13H2,1H3,(H,24,27)(H,25,28). The van der Waals surface area contributed by atoms with Gasteiger partial charge in [0.05, 0.1) is 6.42 Å². The molecule has 0 bridgehead atoms. The number of halogens is 2. The van der Waals surface area contributed by atoms with Crippen LogP contribution in [0.5, 0.6) is 0 Å². The van der Waals surface area contributed by atoms with Crippen molar-refractivity contribution in [3.05, 3.63) is 70.1 Å². The SMILES string of the molecule is Cc1c(Br)c2ccccc2n1CC(=O)NCCNC(=O)Cc1cccc(F)c1. The molecular formula is C21H21BrFN3O2. The Balaban J connectivity index is 1.46. The molecule has 2 amide bonds. The maximum atomic E-state index is 13.1. The predicted octanol–water partition coefficient (Wildman–Crippen LogP) is 3.33. The number of hydrogen-bond acceptors (Lipinski definition) is 2. The molecule has 1 heterocycles. The lowest BCUT2D eigenvalue weighted by atomic mass is 10.1. The van der Waals surface area contributed by atoms with Gasteiger partial charge in [0.2, 0.25) is 11.8 Å². The lowest BCUT2D eigenvalue weighted by Crippen LogP contribution is -2.36. The van der Waals surface area contributed by atoms with Crippen LogP contribution in [0.2, 0.25) is 0 Å². The Labute approximate surface area is 171 Å². The van der Waals surface area contributed by atoms with Crippen LogP contribution in [0.3, 0.4) is 0 Å². The number of benzene rings is 2.